The third-order valence-electron chi connectivity index (χ3n) is 3.04. The normalized spacial score (nSPS) is 18.1. The lowest BCUT2D eigenvalue weighted by Crippen LogP contribution is -2.31. The van der Waals surface area contributed by atoms with Crippen molar-refractivity contribution < 1.29 is 18.0 Å². The van der Waals surface area contributed by atoms with E-state index in [1.807, 2.05) is 12.2 Å². The van der Waals surface area contributed by atoms with Crippen molar-refractivity contribution >= 4 is 23.6 Å². The molecule has 0 unspecified atom stereocenters. The van der Waals surface area contributed by atoms with Gasteiger partial charge in [-0.15, -0.1) is 12.6 Å². The average Bonchev–Trinajstić information content (AvgIpc) is 2.44. The Morgan fingerprint density at radius 2 is 2.10 bits per heavy atom. The number of thiol groups is 1. The number of halogens is 3. The zero-order chi connectivity index (χ0) is 15.5. The Morgan fingerprint density at radius 3 is 2.67 bits per heavy atom. The molecule has 1 aromatic rings. The van der Waals surface area contributed by atoms with Crippen molar-refractivity contribution in [1.82, 2.24) is 4.98 Å². The first-order valence-corrected chi connectivity index (χ1v) is 6.71. The minimum atomic E-state index is -4.40. The molecule has 0 bridgehead atoms. The highest BCUT2D eigenvalue weighted by molar-refractivity contribution is 7.96. The third-order valence-corrected chi connectivity index (χ3v) is 3.27. The largest absolute Gasteiger partial charge is 0.417 e. The second-order valence-electron chi connectivity index (χ2n) is 4.54. The van der Waals surface area contributed by atoms with Crippen molar-refractivity contribution in [1.29, 1.82) is 0 Å². The van der Waals surface area contributed by atoms with Gasteiger partial charge in [0.05, 0.1) is 11.6 Å². The number of carbonyl (C=O) groups excluding carboxylic acids is 1. The van der Waals surface area contributed by atoms with Crippen LogP contribution in [-0.2, 0) is 11.0 Å². The summed E-state index contributed by atoms with van der Waals surface area (Å²) in [4.78, 5) is 16.5. The molecule has 0 saturated heterocycles. The van der Waals surface area contributed by atoms with Crippen LogP contribution in [0.5, 0.6) is 0 Å². The highest BCUT2D eigenvalue weighted by Crippen LogP contribution is 2.30. The molecule has 0 spiro atoms. The van der Waals surface area contributed by atoms with Gasteiger partial charge in [0.15, 0.2) is 5.12 Å². The molecule has 1 aromatic heterocycles. The van der Waals surface area contributed by atoms with Gasteiger partial charge in [-0.3, -0.25) is 4.79 Å². The van der Waals surface area contributed by atoms with E-state index in [1.165, 1.54) is 6.07 Å². The highest BCUT2D eigenvalue weighted by atomic mass is 32.1. The molecule has 0 radical (unpaired) electrons. The summed E-state index contributed by atoms with van der Waals surface area (Å²) in [5.74, 6) is 0.403. The van der Waals surface area contributed by atoms with E-state index < -0.39 is 11.7 Å². The molecule has 7 heteroatoms. The van der Waals surface area contributed by atoms with Crippen LogP contribution in [0.2, 0.25) is 0 Å². The van der Waals surface area contributed by atoms with Gasteiger partial charge < -0.3 is 4.90 Å². The van der Waals surface area contributed by atoms with Crippen LogP contribution in [0.1, 0.15) is 18.4 Å². The number of carbonyl (C=O) groups is 1. The minimum absolute atomic E-state index is 0.129. The maximum absolute atomic E-state index is 12.5. The molecule has 112 valence electrons. The zero-order valence-electron chi connectivity index (χ0n) is 10.9. The Morgan fingerprint density at radius 1 is 1.33 bits per heavy atom. The van der Waals surface area contributed by atoms with Crippen LogP contribution in [0, 0.1) is 0 Å². The van der Waals surface area contributed by atoms with Crippen molar-refractivity contribution in [3.05, 3.63) is 48.3 Å². The molecule has 2 rings (SSSR count). The fourth-order valence-corrected chi connectivity index (χ4v) is 2.13. The third kappa shape index (κ3) is 4.10. The number of hydrogen-bond acceptors (Lipinski definition) is 3. The van der Waals surface area contributed by atoms with Gasteiger partial charge in [-0.05, 0) is 24.6 Å². The highest BCUT2D eigenvalue weighted by Gasteiger charge is 2.31. The smallest absolute Gasteiger partial charge is 0.326 e. The first-order valence-electron chi connectivity index (χ1n) is 6.26. The Labute approximate surface area is 125 Å². The second-order valence-corrected chi connectivity index (χ2v) is 5.04. The molecule has 21 heavy (non-hydrogen) atoms. The van der Waals surface area contributed by atoms with Crippen LogP contribution in [0.25, 0.3) is 0 Å². The summed E-state index contributed by atoms with van der Waals surface area (Å²) in [7, 11) is 0. The number of hydrogen-bond donors (Lipinski definition) is 1. The number of alkyl halides is 3. The molecule has 2 heterocycles. The lowest BCUT2D eigenvalue weighted by atomic mass is 10.1. The van der Waals surface area contributed by atoms with E-state index in [4.69, 9.17) is 0 Å². The first-order chi connectivity index (χ1) is 9.88. The van der Waals surface area contributed by atoms with E-state index in [0.29, 0.717) is 12.2 Å². The summed E-state index contributed by atoms with van der Waals surface area (Å²) < 4.78 is 37.6. The topological polar surface area (TPSA) is 33.2 Å². The number of allylic oxidation sites excluding steroid dienone is 2. The molecule has 0 aliphatic carbocycles. The fraction of sp³-hybridized carbons (Fsp3) is 0.286. The molecule has 0 saturated carbocycles. The van der Waals surface area contributed by atoms with Crippen LogP contribution >= 0.6 is 12.6 Å². The van der Waals surface area contributed by atoms with E-state index in [2.05, 4.69) is 17.6 Å². The number of anilines is 1. The van der Waals surface area contributed by atoms with Gasteiger partial charge in [-0.2, -0.15) is 13.2 Å². The molecule has 0 aromatic carbocycles. The van der Waals surface area contributed by atoms with Crippen molar-refractivity contribution in [2.45, 2.75) is 25.1 Å². The first kappa shape index (κ1) is 15.6. The zero-order valence-corrected chi connectivity index (χ0v) is 11.8. The molecule has 1 aliphatic heterocycles. The molecule has 3 nitrogen and oxygen atoms in total. The average molecular weight is 314 g/mol. The van der Waals surface area contributed by atoms with Gasteiger partial charge in [0.25, 0.3) is 0 Å². The quantitative estimate of drug-likeness (QED) is 0.862. The van der Waals surface area contributed by atoms with E-state index in [0.717, 1.165) is 12.3 Å². The van der Waals surface area contributed by atoms with Crippen LogP contribution in [-0.4, -0.2) is 16.1 Å². The van der Waals surface area contributed by atoms with E-state index >= 15 is 0 Å². The summed E-state index contributed by atoms with van der Waals surface area (Å²) in [6, 6.07) is 2.19. The maximum Gasteiger partial charge on any atom is 0.417 e. The Hall–Kier alpha value is -1.76. The summed E-state index contributed by atoms with van der Waals surface area (Å²) in [5, 5.41) is -0.224. The lowest BCUT2D eigenvalue weighted by molar-refractivity contribution is -0.137. The molecular weight excluding hydrogens is 301 g/mol. The summed E-state index contributed by atoms with van der Waals surface area (Å²) >= 11 is 3.72. The summed E-state index contributed by atoms with van der Waals surface area (Å²) in [6.45, 7) is 0. The van der Waals surface area contributed by atoms with E-state index in [9.17, 15) is 18.0 Å². The molecule has 1 aliphatic rings. The van der Waals surface area contributed by atoms with Crippen molar-refractivity contribution in [2.75, 3.05) is 4.90 Å². The maximum atomic E-state index is 12.5. The number of nitrogens with zero attached hydrogens (tertiary/aromatic N) is 2. The summed E-state index contributed by atoms with van der Waals surface area (Å²) in [6.07, 6.45) is 4.39. The van der Waals surface area contributed by atoms with Crippen LogP contribution in [0.3, 0.4) is 0 Å². The Bertz CT molecular complexity index is 567. The van der Waals surface area contributed by atoms with Gasteiger partial charge in [0.1, 0.15) is 5.82 Å². The Balaban J connectivity index is 2.16. The van der Waals surface area contributed by atoms with E-state index in [1.54, 1.807) is 17.2 Å². The molecule has 0 fully saturated rings. The number of rotatable bonds is 4. The predicted octanol–water partition coefficient (Wildman–Crippen LogP) is 3.60. The van der Waals surface area contributed by atoms with Crippen molar-refractivity contribution in [3.8, 4) is 0 Å². The molecule has 0 amide bonds. The monoisotopic (exact) mass is 314 g/mol. The van der Waals surface area contributed by atoms with E-state index in [-0.39, 0.29) is 17.6 Å². The number of aromatic nitrogens is 1. The van der Waals surface area contributed by atoms with Crippen molar-refractivity contribution in [2.24, 2.45) is 0 Å². The minimum Gasteiger partial charge on any atom is -0.326 e. The lowest BCUT2D eigenvalue weighted by Gasteiger charge is -2.29. The Kier molecular flexibility index (Phi) is 4.72. The van der Waals surface area contributed by atoms with Gasteiger partial charge in [0.2, 0.25) is 0 Å². The van der Waals surface area contributed by atoms with Crippen molar-refractivity contribution in [3.63, 3.8) is 0 Å². The van der Waals surface area contributed by atoms with Crippen LogP contribution in [0.15, 0.2) is 42.8 Å². The fourth-order valence-electron chi connectivity index (χ4n) is 2.00. The SMILES string of the molecule is O=C(S)CC[C@H]1C=CC=CN1c1ccc(C(F)(F)F)cn1. The van der Waals surface area contributed by atoms with Gasteiger partial charge in [-0.25, -0.2) is 4.98 Å². The standard InChI is InChI=1S/C14H13F3N2OS/c15-14(16,17)10-4-6-12(18-9-10)19-8-2-1-3-11(19)5-7-13(20)21/h1-4,6,8-9,11H,5,7H2,(H,20,21)/t11-/m1/s1. The second kappa shape index (κ2) is 6.34. The van der Waals surface area contributed by atoms with Gasteiger partial charge in [0, 0.05) is 18.8 Å². The molecular formula is C14H13F3N2OS. The van der Waals surface area contributed by atoms with Gasteiger partial charge >= 0.3 is 6.18 Å². The molecule has 1 atom stereocenters. The summed E-state index contributed by atoms with van der Waals surface area (Å²) in [5.41, 5.74) is -0.787. The molecule has 0 N–H and O–H groups in total. The van der Waals surface area contributed by atoms with Gasteiger partial charge in [-0.1, -0.05) is 12.2 Å². The van der Waals surface area contributed by atoms with Crippen LogP contribution < -0.4 is 4.90 Å². The predicted molar refractivity (Wildman–Crippen MR) is 77.0 cm³/mol. The number of pyridine rings is 1. The van der Waals surface area contributed by atoms with Crippen LogP contribution in [0.4, 0.5) is 19.0 Å².